The monoisotopic (exact) mass is 298 g/mol. The number of carbonyl (C=O) groups is 1. The number of rotatable bonds is 2. The average Bonchev–Trinajstić information content (AvgIpc) is 2.49. The van der Waals surface area contributed by atoms with Crippen molar-refractivity contribution in [1.82, 2.24) is 5.32 Å². The van der Waals surface area contributed by atoms with Crippen LogP contribution in [0.15, 0.2) is 36.4 Å². The zero-order chi connectivity index (χ0) is 15.7. The minimum absolute atomic E-state index is 0.0863. The van der Waals surface area contributed by atoms with E-state index in [1.54, 1.807) is 12.1 Å². The maximum atomic E-state index is 13.8. The SMILES string of the molecule is Cc1ccc(F)c(C(=O)NC2CCCc3cc(N)ccc32)c1. The Kier molecular flexibility index (Phi) is 3.84. The predicted octanol–water partition coefficient (Wildman–Crippen LogP) is 3.52. The molecule has 0 aromatic heterocycles. The molecule has 1 amide bonds. The van der Waals surface area contributed by atoms with Gasteiger partial charge in [0.05, 0.1) is 11.6 Å². The first kappa shape index (κ1) is 14.6. The lowest BCUT2D eigenvalue weighted by molar-refractivity contribution is 0.0928. The Labute approximate surface area is 129 Å². The van der Waals surface area contributed by atoms with Crippen LogP contribution in [0.1, 0.15) is 45.9 Å². The standard InChI is InChI=1S/C18H19FN2O/c1-11-5-8-16(19)15(9-11)18(22)21-17-4-2-3-12-10-13(20)6-7-14(12)17/h5-10,17H,2-4,20H2,1H3,(H,21,22). The molecule has 3 rings (SSSR count). The molecule has 2 aromatic rings. The Morgan fingerprint density at radius 3 is 2.91 bits per heavy atom. The molecule has 0 spiro atoms. The van der Waals surface area contributed by atoms with Crippen molar-refractivity contribution < 1.29 is 9.18 Å². The van der Waals surface area contributed by atoms with Crippen molar-refractivity contribution in [3.63, 3.8) is 0 Å². The molecular formula is C18H19FN2O. The average molecular weight is 298 g/mol. The van der Waals surface area contributed by atoms with Gasteiger partial charge >= 0.3 is 0 Å². The summed E-state index contributed by atoms with van der Waals surface area (Å²) in [5, 5.41) is 2.96. The molecule has 0 bridgehead atoms. The molecule has 114 valence electrons. The van der Waals surface area contributed by atoms with Gasteiger partial charge in [0.15, 0.2) is 0 Å². The molecule has 3 nitrogen and oxygen atoms in total. The summed E-state index contributed by atoms with van der Waals surface area (Å²) in [6.45, 7) is 1.84. The highest BCUT2D eigenvalue weighted by Gasteiger charge is 2.23. The van der Waals surface area contributed by atoms with Gasteiger partial charge in [-0.25, -0.2) is 4.39 Å². The van der Waals surface area contributed by atoms with Crippen LogP contribution in [0.5, 0.6) is 0 Å². The van der Waals surface area contributed by atoms with Crippen molar-refractivity contribution in [1.29, 1.82) is 0 Å². The third-order valence-corrected chi connectivity index (χ3v) is 4.15. The van der Waals surface area contributed by atoms with E-state index in [2.05, 4.69) is 5.32 Å². The molecule has 2 aromatic carbocycles. The number of nitrogens with two attached hydrogens (primary N) is 1. The lowest BCUT2D eigenvalue weighted by atomic mass is 9.87. The second-order valence-corrected chi connectivity index (χ2v) is 5.86. The molecule has 1 unspecified atom stereocenters. The zero-order valence-electron chi connectivity index (χ0n) is 12.5. The lowest BCUT2D eigenvalue weighted by Gasteiger charge is -2.26. The van der Waals surface area contributed by atoms with Crippen molar-refractivity contribution in [2.75, 3.05) is 5.73 Å². The van der Waals surface area contributed by atoms with E-state index in [1.165, 1.54) is 11.6 Å². The van der Waals surface area contributed by atoms with Gasteiger partial charge in [0, 0.05) is 5.69 Å². The number of fused-ring (bicyclic) bond motifs is 1. The second-order valence-electron chi connectivity index (χ2n) is 5.86. The van der Waals surface area contributed by atoms with Gasteiger partial charge in [-0.2, -0.15) is 0 Å². The van der Waals surface area contributed by atoms with E-state index in [1.807, 2.05) is 25.1 Å². The summed E-state index contributed by atoms with van der Waals surface area (Å²) < 4.78 is 13.8. The van der Waals surface area contributed by atoms with Crippen LogP contribution in [0.2, 0.25) is 0 Å². The number of anilines is 1. The molecule has 1 aliphatic carbocycles. The van der Waals surface area contributed by atoms with Crippen LogP contribution in [0.25, 0.3) is 0 Å². The molecule has 0 aliphatic heterocycles. The Bertz CT molecular complexity index is 727. The Morgan fingerprint density at radius 1 is 1.27 bits per heavy atom. The van der Waals surface area contributed by atoms with Crippen molar-refractivity contribution >= 4 is 11.6 Å². The normalized spacial score (nSPS) is 16.9. The number of halogens is 1. The minimum atomic E-state index is -0.489. The Balaban J connectivity index is 1.85. The topological polar surface area (TPSA) is 55.1 Å². The summed E-state index contributed by atoms with van der Waals surface area (Å²) in [5.41, 5.74) is 9.77. The summed E-state index contributed by atoms with van der Waals surface area (Å²) in [6.07, 6.45) is 2.80. The summed E-state index contributed by atoms with van der Waals surface area (Å²) in [5.74, 6) is -0.854. The molecule has 0 saturated heterocycles. The first-order valence-corrected chi connectivity index (χ1v) is 7.50. The lowest BCUT2D eigenvalue weighted by Crippen LogP contribution is -2.31. The summed E-state index contributed by atoms with van der Waals surface area (Å²) in [6, 6.07) is 10.2. The number of hydrogen-bond acceptors (Lipinski definition) is 2. The maximum Gasteiger partial charge on any atom is 0.254 e. The third kappa shape index (κ3) is 2.82. The fraction of sp³-hybridized carbons (Fsp3) is 0.278. The van der Waals surface area contributed by atoms with Crippen LogP contribution in [-0.2, 0) is 6.42 Å². The fourth-order valence-corrected chi connectivity index (χ4v) is 3.03. The molecule has 4 heteroatoms. The largest absolute Gasteiger partial charge is 0.399 e. The van der Waals surface area contributed by atoms with E-state index in [0.717, 1.165) is 36.1 Å². The van der Waals surface area contributed by atoms with Crippen LogP contribution in [-0.4, -0.2) is 5.91 Å². The van der Waals surface area contributed by atoms with Gasteiger partial charge in [-0.3, -0.25) is 4.79 Å². The highest BCUT2D eigenvalue weighted by molar-refractivity contribution is 5.95. The molecule has 0 saturated carbocycles. The molecule has 22 heavy (non-hydrogen) atoms. The number of hydrogen-bond donors (Lipinski definition) is 2. The quantitative estimate of drug-likeness (QED) is 0.833. The van der Waals surface area contributed by atoms with Crippen LogP contribution < -0.4 is 11.1 Å². The molecule has 1 aliphatic rings. The van der Waals surface area contributed by atoms with E-state index in [-0.39, 0.29) is 17.5 Å². The van der Waals surface area contributed by atoms with Gasteiger partial charge < -0.3 is 11.1 Å². The highest BCUT2D eigenvalue weighted by atomic mass is 19.1. The number of aryl methyl sites for hydroxylation is 2. The van der Waals surface area contributed by atoms with Crippen molar-refractivity contribution in [3.05, 3.63) is 64.5 Å². The van der Waals surface area contributed by atoms with Crippen LogP contribution in [0, 0.1) is 12.7 Å². The first-order valence-electron chi connectivity index (χ1n) is 7.50. The van der Waals surface area contributed by atoms with Crippen LogP contribution in [0.3, 0.4) is 0 Å². The van der Waals surface area contributed by atoms with E-state index < -0.39 is 5.82 Å². The highest BCUT2D eigenvalue weighted by Crippen LogP contribution is 2.31. The number of nitrogens with one attached hydrogen (secondary N) is 1. The summed E-state index contributed by atoms with van der Waals surface area (Å²) in [4.78, 5) is 12.4. The van der Waals surface area contributed by atoms with Crippen molar-refractivity contribution in [2.24, 2.45) is 0 Å². The number of carbonyl (C=O) groups excluding carboxylic acids is 1. The maximum absolute atomic E-state index is 13.8. The van der Waals surface area contributed by atoms with E-state index >= 15 is 0 Å². The molecule has 1 atom stereocenters. The van der Waals surface area contributed by atoms with Crippen molar-refractivity contribution in [3.8, 4) is 0 Å². The van der Waals surface area contributed by atoms with Gasteiger partial charge in [-0.05, 0) is 61.6 Å². The first-order chi connectivity index (χ1) is 10.5. The third-order valence-electron chi connectivity index (χ3n) is 4.15. The Hall–Kier alpha value is -2.36. The molecule has 3 N–H and O–H groups in total. The van der Waals surface area contributed by atoms with Gasteiger partial charge in [0.1, 0.15) is 5.82 Å². The van der Waals surface area contributed by atoms with Crippen molar-refractivity contribution in [2.45, 2.75) is 32.2 Å². The summed E-state index contributed by atoms with van der Waals surface area (Å²) >= 11 is 0. The Morgan fingerprint density at radius 2 is 2.09 bits per heavy atom. The van der Waals surface area contributed by atoms with Gasteiger partial charge in [0.25, 0.3) is 5.91 Å². The number of amides is 1. The van der Waals surface area contributed by atoms with E-state index in [4.69, 9.17) is 5.73 Å². The zero-order valence-corrected chi connectivity index (χ0v) is 12.5. The minimum Gasteiger partial charge on any atom is -0.399 e. The second kappa shape index (κ2) is 5.79. The van der Waals surface area contributed by atoms with E-state index in [9.17, 15) is 9.18 Å². The van der Waals surface area contributed by atoms with Crippen LogP contribution >= 0.6 is 0 Å². The van der Waals surface area contributed by atoms with Gasteiger partial charge in [-0.1, -0.05) is 17.7 Å². The fourth-order valence-electron chi connectivity index (χ4n) is 3.03. The van der Waals surface area contributed by atoms with Crippen LogP contribution in [0.4, 0.5) is 10.1 Å². The van der Waals surface area contributed by atoms with E-state index in [0.29, 0.717) is 0 Å². The van der Waals surface area contributed by atoms with Gasteiger partial charge in [0.2, 0.25) is 0 Å². The number of nitrogen functional groups attached to an aromatic ring is 1. The number of benzene rings is 2. The predicted molar refractivity (Wildman–Crippen MR) is 85.1 cm³/mol. The summed E-state index contributed by atoms with van der Waals surface area (Å²) in [7, 11) is 0. The smallest absolute Gasteiger partial charge is 0.254 e. The molecule has 0 heterocycles. The van der Waals surface area contributed by atoms with Gasteiger partial charge in [-0.15, -0.1) is 0 Å². The molecular weight excluding hydrogens is 279 g/mol. The molecule has 0 fully saturated rings. The molecule has 0 radical (unpaired) electrons.